The van der Waals surface area contributed by atoms with Crippen LogP contribution in [0.1, 0.15) is 0 Å². The molecule has 0 bridgehead atoms. The standard InChI is InChI=1S/C12H10BrN3/c1-16-7-8(6-14-16)12-5-9-10(13)3-2-4-11(9)15-12/h2-7,15H,1H3. The van der Waals surface area contributed by atoms with Crippen LogP contribution in [-0.2, 0) is 7.05 Å². The Kier molecular flexibility index (Phi) is 2.11. The van der Waals surface area contributed by atoms with Crippen LogP contribution < -0.4 is 0 Å². The summed E-state index contributed by atoms with van der Waals surface area (Å²) in [5.41, 5.74) is 3.33. The van der Waals surface area contributed by atoms with Crippen LogP contribution in [0.4, 0.5) is 0 Å². The fourth-order valence-electron chi connectivity index (χ4n) is 1.83. The van der Waals surface area contributed by atoms with Crippen LogP contribution in [0.3, 0.4) is 0 Å². The topological polar surface area (TPSA) is 33.6 Å². The van der Waals surface area contributed by atoms with Crippen LogP contribution in [0.15, 0.2) is 41.1 Å². The molecule has 0 aliphatic carbocycles. The van der Waals surface area contributed by atoms with Crippen molar-refractivity contribution in [2.45, 2.75) is 0 Å². The molecule has 0 saturated carbocycles. The van der Waals surface area contributed by atoms with Gasteiger partial charge in [-0.25, -0.2) is 0 Å². The Balaban J connectivity index is 2.22. The molecule has 0 saturated heterocycles. The number of aryl methyl sites for hydroxylation is 1. The third kappa shape index (κ3) is 1.46. The van der Waals surface area contributed by atoms with Gasteiger partial charge in [-0.2, -0.15) is 5.10 Å². The van der Waals surface area contributed by atoms with E-state index in [0.717, 1.165) is 21.2 Å². The van der Waals surface area contributed by atoms with Gasteiger partial charge in [0.05, 0.1) is 6.20 Å². The predicted octanol–water partition coefficient (Wildman–Crippen LogP) is 3.33. The lowest BCUT2D eigenvalue weighted by Crippen LogP contribution is -1.84. The second kappa shape index (κ2) is 3.49. The zero-order valence-corrected chi connectivity index (χ0v) is 10.3. The van der Waals surface area contributed by atoms with Crippen molar-refractivity contribution in [1.82, 2.24) is 14.8 Å². The molecule has 3 rings (SSSR count). The molecule has 0 atom stereocenters. The Bertz CT molecular complexity index is 651. The van der Waals surface area contributed by atoms with E-state index >= 15 is 0 Å². The molecule has 4 heteroatoms. The van der Waals surface area contributed by atoms with Gasteiger partial charge in [0.15, 0.2) is 0 Å². The maximum atomic E-state index is 4.17. The SMILES string of the molecule is Cn1cc(-c2cc3c(Br)cccc3[nH]2)cn1. The number of hydrogen-bond acceptors (Lipinski definition) is 1. The lowest BCUT2D eigenvalue weighted by Gasteiger charge is -1.90. The quantitative estimate of drug-likeness (QED) is 0.726. The van der Waals surface area contributed by atoms with Gasteiger partial charge in [0.25, 0.3) is 0 Å². The van der Waals surface area contributed by atoms with E-state index in [0.29, 0.717) is 0 Å². The van der Waals surface area contributed by atoms with Gasteiger partial charge in [0.1, 0.15) is 0 Å². The van der Waals surface area contributed by atoms with E-state index in [4.69, 9.17) is 0 Å². The molecule has 1 aromatic carbocycles. The highest BCUT2D eigenvalue weighted by Gasteiger charge is 2.06. The molecule has 0 unspecified atom stereocenters. The number of halogens is 1. The third-order valence-electron chi connectivity index (χ3n) is 2.63. The van der Waals surface area contributed by atoms with Crippen LogP contribution in [0, 0.1) is 0 Å². The number of benzene rings is 1. The normalized spacial score (nSPS) is 11.1. The molecule has 2 heterocycles. The van der Waals surface area contributed by atoms with Crippen molar-refractivity contribution in [3.63, 3.8) is 0 Å². The number of H-pyrrole nitrogens is 1. The highest BCUT2D eigenvalue weighted by molar-refractivity contribution is 9.10. The summed E-state index contributed by atoms with van der Waals surface area (Å²) < 4.78 is 2.91. The van der Waals surface area contributed by atoms with Gasteiger partial charge in [-0.3, -0.25) is 4.68 Å². The molecule has 1 N–H and O–H groups in total. The average Bonchev–Trinajstić information content (AvgIpc) is 2.84. The number of nitrogens with one attached hydrogen (secondary N) is 1. The Morgan fingerprint density at radius 3 is 2.94 bits per heavy atom. The number of fused-ring (bicyclic) bond motifs is 1. The second-order valence-corrected chi connectivity index (χ2v) is 4.64. The minimum absolute atomic E-state index is 1.09. The monoisotopic (exact) mass is 275 g/mol. The summed E-state index contributed by atoms with van der Waals surface area (Å²) in [5, 5.41) is 5.37. The van der Waals surface area contributed by atoms with Crippen molar-refractivity contribution in [1.29, 1.82) is 0 Å². The van der Waals surface area contributed by atoms with E-state index in [1.165, 1.54) is 5.39 Å². The Hall–Kier alpha value is -1.55. The van der Waals surface area contributed by atoms with Crippen LogP contribution in [-0.4, -0.2) is 14.8 Å². The zero-order valence-electron chi connectivity index (χ0n) is 8.74. The highest BCUT2D eigenvalue weighted by atomic mass is 79.9. The average molecular weight is 276 g/mol. The molecule has 0 fully saturated rings. The first-order valence-corrected chi connectivity index (χ1v) is 5.79. The van der Waals surface area contributed by atoms with Gasteiger partial charge >= 0.3 is 0 Å². The fourth-order valence-corrected chi connectivity index (χ4v) is 2.31. The Labute approximate surface area is 101 Å². The van der Waals surface area contributed by atoms with E-state index in [9.17, 15) is 0 Å². The summed E-state index contributed by atoms with van der Waals surface area (Å²) in [6, 6.07) is 8.27. The first-order valence-electron chi connectivity index (χ1n) is 5.00. The number of nitrogens with zero attached hydrogens (tertiary/aromatic N) is 2. The van der Waals surface area contributed by atoms with Gasteiger partial charge in [0.2, 0.25) is 0 Å². The van der Waals surface area contributed by atoms with Gasteiger partial charge in [-0.15, -0.1) is 0 Å². The second-order valence-electron chi connectivity index (χ2n) is 3.79. The maximum Gasteiger partial charge on any atom is 0.0583 e. The van der Waals surface area contributed by atoms with Gasteiger partial charge < -0.3 is 4.98 Å². The lowest BCUT2D eigenvalue weighted by atomic mass is 10.2. The van der Waals surface area contributed by atoms with Crippen molar-refractivity contribution < 1.29 is 0 Å². The van der Waals surface area contributed by atoms with Gasteiger partial charge in [-0.05, 0) is 18.2 Å². The van der Waals surface area contributed by atoms with E-state index in [-0.39, 0.29) is 0 Å². The van der Waals surface area contributed by atoms with Crippen LogP contribution in [0.2, 0.25) is 0 Å². The number of hydrogen-bond donors (Lipinski definition) is 1. The van der Waals surface area contributed by atoms with Crippen molar-refractivity contribution in [2.75, 3.05) is 0 Å². The van der Waals surface area contributed by atoms with Crippen molar-refractivity contribution in [3.8, 4) is 11.3 Å². The third-order valence-corrected chi connectivity index (χ3v) is 3.32. The minimum Gasteiger partial charge on any atom is -0.354 e. The maximum absolute atomic E-state index is 4.17. The van der Waals surface area contributed by atoms with Crippen LogP contribution >= 0.6 is 15.9 Å². The Morgan fingerprint density at radius 1 is 1.38 bits per heavy atom. The van der Waals surface area contributed by atoms with Crippen molar-refractivity contribution in [3.05, 3.63) is 41.1 Å². The van der Waals surface area contributed by atoms with E-state index < -0.39 is 0 Å². The first-order chi connectivity index (χ1) is 7.74. The molecule has 0 amide bonds. The molecule has 3 nitrogen and oxygen atoms in total. The predicted molar refractivity (Wildman–Crippen MR) is 68.2 cm³/mol. The largest absolute Gasteiger partial charge is 0.354 e. The number of rotatable bonds is 1. The summed E-state index contributed by atoms with van der Waals surface area (Å²) in [4.78, 5) is 3.38. The smallest absolute Gasteiger partial charge is 0.0583 e. The lowest BCUT2D eigenvalue weighted by molar-refractivity contribution is 0.768. The molecule has 80 valence electrons. The summed E-state index contributed by atoms with van der Waals surface area (Å²) in [7, 11) is 1.92. The van der Waals surface area contributed by atoms with E-state index in [1.54, 1.807) is 4.68 Å². The van der Waals surface area contributed by atoms with E-state index in [1.807, 2.05) is 31.6 Å². The molecule has 3 aromatic rings. The first kappa shape index (κ1) is 9.66. The van der Waals surface area contributed by atoms with Crippen LogP contribution in [0.5, 0.6) is 0 Å². The fraction of sp³-hybridized carbons (Fsp3) is 0.0833. The van der Waals surface area contributed by atoms with Crippen LogP contribution in [0.25, 0.3) is 22.2 Å². The van der Waals surface area contributed by atoms with Gasteiger partial charge in [-0.1, -0.05) is 22.0 Å². The number of aromatic nitrogens is 3. The molecule has 0 radical (unpaired) electrons. The molecule has 16 heavy (non-hydrogen) atoms. The summed E-state index contributed by atoms with van der Waals surface area (Å²) in [5.74, 6) is 0. The minimum atomic E-state index is 1.09. The molecular formula is C12H10BrN3. The summed E-state index contributed by atoms with van der Waals surface area (Å²) >= 11 is 3.55. The van der Waals surface area contributed by atoms with Crippen molar-refractivity contribution >= 4 is 26.8 Å². The molecule has 0 aliphatic rings. The van der Waals surface area contributed by atoms with Crippen molar-refractivity contribution in [2.24, 2.45) is 7.05 Å². The zero-order chi connectivity index (χ0) is 11.1. The molecule has 0 spiro atoms. The Morgan fingerprint density at radius 2 is 2.25 bits per heavy atom. The van der Waals surface area contributed by atoms with Gasteiger partial charge in [0, 0.05) is 39.9 Å². The molecule has 2 aromatic heterocycles. The number of aromatic amines is 1. The van der Waals surface area contributed by atoms with E-state index in [2.05, 4.69) is 38.1 Å². The summed E-state index contributed by atoms with van der Waals surface area (Å²) in [6.07, 6.45) is 3.86. The summed E-state index contributed by atoms with van der Waals surface area (Å²) in [6.45, 7) is 0. The molecule has 0 aliphatic heterocycles. The highest BCUT2D eigenvalue weighted by Crippen LogP contribution is 2.28. The molecular weight excluding hydrogens is 266 g/mol.